The van der Waals surface area contributed by atoms with Gasteiger partial charge in [0, 0.05) is 22.5 Å². The number of halogens is 1. The van der Waals surface area contributed by atoms with Crippen molar-refractivity contribution in [2.24, 2.45) is 5.92 Å². The molecule has 3 rings (SSSR count). The number of amides is 1. The zero-order valence-corrected chi connectivity index (χ0v) is 18.0. The predicted octanol–water partition coefficient (Wildman–Crippen LogP) is 4.07. The molecular formula is C22H25ClN4O3. The summed E-state index contributed by atoms with van der Waals surface area (Å²) in [6.45, 7) is 6.99. The van der Waals surface area contributed by atoms with E-state index in [1.807, 2.05) is 19.1 Å². The second-order valence-electron chi connectivity index (χ2n) is 7.45. The van der Waals surface area contributed by atoms with E-state index in [1.165, 1.54) is 6.20 Å². The molecule has 0 saturated heterocycles. The van der Waals surface area contributed by atoms with Gasteiger partial charge in [-0.25, -0.2) is 4.98 Å². The molecule has 0 saturated carbocycles. The van der Waals surface area contributed by atoms with Crippen LogP contribution in [0, 0.1) is 12.8 Å². The van der Waals surface area contributed by atoms with Crippen LogP contribution in [0.5, 0.6) is 5.75 Å². The first-order valence-electron chi connectivity index (χ1n) is 9.68. The van der Waals surface area contributed by atoms with E-state index < -0.39 is 0 Å². The highest BCUT2D eigenvalue weighted by atomic mass is 35.5. The van der Waals surface area contributed by atoms with E-state index in [-0.39, 0.29) is 18.2 Å². The topological polar surface area (TPSA) is 89.3 Å². The third-order valence-corrected chi connectivity index (χ3v) is 4.61. The van der Waals surface area contributed by atoms with Crippen LogP contribution in [0.3, 0.4) is 0 Å². The van der Waals surface area contributed by atoms with Crippen LogP contribution in [0.1, 0.15) is 41.2 Å². The molecule has 158 valence electrons. The van der Waals surface area contributed by atoms with Gasteiger partial charge in [0.05, 0.1) is 19.8 Å². The fourth-order valence-corrected chi connectivity index (χ4v) is 2.98. The molecule has 0 fully saturated rings. The Kier molecular flexibility index (Phi) is 7.07. The number of aliphatic hydroxyl groups excluding tert-OH is 1. The van der Waals surface area contributed by atoms with Gasteiger partial charge in [0.15, 0.2) is 5.69 Å². The summed E-state index contributed by atoms with van der Waals surface area (Å²) in [7, 11) is 0. The van der Waals surface area contributed by atoms with Crippen molar-refractivity contribution >= 4 is 23.3 Å². The lowest BCUT2D eigenvalue weighted by molar-refractivity contribution is 0.102. The van der Waals surface area contributed by atoms with Crippen molar-refractivity contribution in [2.45, 2.75) is 33.9 Å². The Bertz CT molecular complexity index is 1020. The van der Waals surface area contributed by atoms with Gasteiger partial charge in [0.2, 0.25) is 0 Å². The number of aromatic nitrogens is 3. The molecule has 1 amide bonds. The summed E-state index contributed by atoms with van der Waals surface area (Å²) in [6, 6.07) is 10.6. The molecule has 0 aliphatic carbocycles. The van der Waals surface area contributed by atoms with E-state index in [1.54, 1.807) is 28.9 Å². The summed E-state index contributed by atoms with van der Waals surface area (Å²) in [6.07, 6.45) is 1.51. The van der Waals surface area contributed by atoms with E-state index in [9.17, 15) is 4.79 Å². The molecule has 2 heterocycles. The summed E-state index contributed by atoms with van der Waals surface area (Å²) in [5.74, 6) is 1.18. The Hall–Kier alpha value is -2.90. The number of anilines is 1. The van der Waals surface area contributed by atoms with Crippen LogP contribution in [0.25, 0.3) is 0 Å². The molecule has 30 heavy (non-hydrogen) atoms. The number of pyridine rings is 1. The molecule has 3 aromatic rings. The molecule has 0 spiro atoms. The Morgan fingerprint density at radius 2 is 2.07 bits per heavy atom. The Morgan fingerprint density at radius 1 is 1.27 bits per heavy atom. The highest BCUT2D eigenvalue weighted by Crippen LogP contribution is 2.25. The number of nitrogens with one attached hydrogen (secondary N) is 1. The van der Waals surface area contributed by atoms with E-state index in [0.29, 0.717) is 35.5 Å². The maximum Gasteiger partial charge on any atom is 0.277 e. The number of hydrogen-bond acceptors (Lipinski definition) is 5. The molecular weight excluding hydrogens is 404 g/mol. The molecule has 0 aliphatic rings. The maximum absolute atomic E-state index is 12.6. The minimum atomic E-state index is -0.358. The maximum atomic E-state index is 12.6. The van der Waals surface area contributed by atoms with Crippen LogP contribution in [-0.4, -0.2) is 32.4 Å². The lowest BCUT2D eigenvalue weighted by atomic mass is 10.2. The summed E-state index contributed by atoms with van der Waals surface area (Å²) >= 11 is 6.18. The third kappa shape index (κ3) is 5.58. The zero-order valence-electron chi connectivity index (χ0n) is 17.2. The molecule has 1 aromatic carbocycles. The SMILES string of the molecule is Cc1cc(C(=O)Nc2ccc(CO)cn2)nn1Cc1cc(Cl)ccc1OCC(C)C. The Labute approximate surface area is 180 Å². The number of carbonyl (C=O) groups is 1. The molecule has 0 bridgehead atoms. The number of aliphatic hydroxyl groups is 1. The van der Waals surface area contributed by atoms with Crippen LogP contribution >= 0.6 is 11.6 Å². The first-order valence-corrected chi connectivity index (χ1v) is 10.1. The molecule has 2 aromatic heterocycles. The molecule has 0 aliphatic heterocycles. The minimum absolute atomic E-state index is 0.1000. The largest absolute Gasteiger partial charge is 0.493 e. The van der Waals surface area contributed by atoms with Crippen LogP contribution in [0.2, 0.25) is 5.02 Å². The van der Waals surface area contributed by atoms with Gasteiger partial charge < -0.3 is 15.2 Å². The summed E-state index contributed by atoms with van der Waals surface area (Å²) in [4.78, 5) is 16.7. The van der Waals surface area contributed by atoms with Gasteiger partial charge in [-0.2, -0.15) is 5.10 Å². The first kappa shape index (κ1) is 21.8. The molecule has 0 unspecified atom stereocenters. The Morgan fingerprint density at radius 3 is 2.73 bits per heavy atom. The van der Waals surface area contributed by atoms with Gasteiger partial charge in [0.25, 0.3) is 5.91 Å². The second-order valence-corrected chi connectivity index (χ2v) is 7.89. The standard InChI is InChI=1S/C22H25ClN4O3/c1-14(2)13-30-20-6-5-18(23)9-17(20)11-27-15(3)8-19(26-27)22(29)25-21-7-4-16(12-28)10-24-21/h4-10,14,28H,11-13H2,1-3H3,(H,24,25,29). The van der Waals surface area contributed by atoms with Crippen LogP contribution in [-0.2, 0) is 13.2 Å². The van der Waals surface area contributed by atoms with Gasteiger partial charge in [-0.15, -0.1) is 0 Å². The van der Waals surface area contributed by atoms with E-state index in [2.05, 4.69) is 29.2 Å². The van der Waals surface area contributed by atoms with Crippen molar-refractivity contribution in [3.63, 3.8) is 0 Å². The van der Waals surface area contributed by atoms with Gasteiger partial charge >= 0.3 is 0 Å². The molecule has 0 radical (unpaired) electrons. The number of rotatable bonds is 8. The van der Waals surface area contributed by atoms with Crippen molar-refractivity contribution in [2.75, 3.05) is 11.9 Å². The minimum Gasteiger partial charge on any atom is -0.493 e. The van der Waals surface area contributed by atoms with Crippen molar-refractivity contribution < 1.29 is 14.6 Å². The van der Waals surface area contributed by atoms with Gasteiger partial charge in [-0.05, 0) is 48.7 Å². The highest BCUT2D eigenvalue weighted by molar-refractivity contribution is 6.30. The number of nitrogens with zero attached hydrogens (tertiary/aromatic N) is 3. The molecule has 8 heteroatoms. The summed E-state index contributed by atoms with van der Waals surface area (Å²) < 4.78 is 7.65. The lowest BCUT2D eigenvalue weighted by Gasteiger charge is -2.14. The van der Waals surface area contributed by atoms with Crippen molar-refractivity contribution in [3.8, 4) is 5.75 Å². The van der Waals surface area contributed by atoms with Crippen molar-refractivity contribution in [1.29, 1.82) is 0 Å². The summed E-state index contributed by atoms with van der Waals surface area (Å²) in [5.41, 5.74) is 2.68. The number of benzene rings is 1. The van der Waals surface area contributed by atoms with Crippen molar-refractivity contribution in [3.05, 3.63) is 70.1 Å². The van der Waals surface area contributed by atoms with E-state index in [4.69, 9.17) is 21.4 Å². The monoisotopic (exact) mass is 428 g/mol. The molecule has 2 N–H and O–H groups in total. The average Bonchev–Trinajstić information content (AvgIpc) is 3.08. The average molecular weight is 429 g/mol. The molecule has 7 nitrogen and oxygen atoms in total. The van der Waals surface area contributed by atoms with Crippen LogP contribution < -0.4 is 10.1 Å². The third-order valence-electron chi connectivity index (χ3n) is 4.38. The number of ether oxygens (including phenoxy) is 1. The normalized spacial score (nSPS) is 11.0. The lowest BCUT2D eigenvalue weighted by Crippen LogP contribution is -2.15. The smallest absolute Gasteiger partial charge is 0.277 e. The summed E-state index contributed by atoms with van der Waals surface area (Å²) in [5, 5.41) is 16.8. The number of hydrogen-bond donors (Lipinski definition) is 2. The first-order chi connectivity index (χ1) is 14.4. The fourth-order valence-electron chi connectivity index (χ4n) is 2.78. The quantitative estimate of drug-likeness (QED) is 0.564. The van der Waals surface area contributed by atoms with Crippen LogP contribution in [0.4, 0.5) is 5.82 Å². The fraction of sp³-hybridized carbons (Fsp3) is 0.318. The van der Waals surface area contributed by atoms with Crippen molar-refractivity contribution in [1.82, 2.24) is 14.8 Å². The molecule has 0 atom stereocenters. The zero-order chi connectivity index (χ0) is 21.7. The van der Waals surface area contributed by atoms with E-state index in [0.717, 1.165) is 17.0 Å². The van der Waals surface area contributed by atoms with E-state index >= 15 is 0 Å². The number of aryl methyl sites for hydroxylation is 1. The predicted molar refractivity (Wildman–Crippen MR) is 116 cm³/mol. The highest BCUT2D eigenvalue weighted by Gasteiger charge is 2.15. The van der Waals surface area contributed by atoms with Gasteiger partial charge in [0.1, 0.15) is 11.6 Å². The second kappa shape index (κ2) is 9.73. The van der Waals surface area contributed by atoms with Crippen LogP contribution in [0.15, 0.2) is 42.6 Å². The number of carbonyl (C=O) groups excluding carboxylic acids is 1. The van der Waals surface area contributed by atoms with Gasteiger partial charge in [-0.3, -0.25) is 9.48 Å². The Balaban J connectivity index is 1.76. The van der Waals surface area contributed by atoms with Gasteiger partial charge in [-0.1, -0.05) is 31.5 Å².